The number of nitrogen functional groups attached to an aromatic ring is 1. The number of nitrogens with zero attached hydrogens (tertiary/aromatic N) is 2. The number of hydrogen-bond acceptors (Lipinski definition) is 8. The average Bonchev–Trinajstić information content (AvgIpc) is 3.31. The number of rotatable bonds is 4. The molecule has 0 aliphatic carbocycles. The molecule has 2 aromatic heterocycles. The van der Waals surface area contributed by atoms with Crippen molar-refractivity contribution in [2.75, 3.05) is 12.3 Å². The summed E-state index contributed by atoms with van der Waals surface area (Å²) in [6.45, 7) is 0.0889. The Labute approximate surface area is 169 Å². The van der Waals surface area contributed by atoms with Gasteiger partial charge in [0.1, 0.15) is 17.4 Å². The molecule has 3 atom stereocenters. The monoisotopic (exact) mass is 436 g/mol. The molecule has 4 heterocycles. The molecule has 0 amide bonds. The molecule has 1 saturated heterocycles. The van der Waals surface area contributed by atoms with Gasteiger partial charge >= 0.3 is 7.82 Å². The van der Waals surface area contributed by atoms with E-state index >= 15 is 0 Å². The molecule has 3 unspecified atom stereocenters. The molecular formula is C18H18FN4O6P. The molecular weight excluding hydrogens is 418 g/mol. The largest absolute Gasteiger partial charge is 0.530 e. The Hall–Kier alpha value is -2.72. The van der Waals surface area contributed by atoms with Crippen LogP contribution in [0.4, 0.5) is 10.3 Å². The summed E-state index contributed by atoms with van der Waals surface area (Å²) in [6.07, 6.45) is 1.23. The number of hydrogen-bond donors (Lipinski definition) is 2. The minimum atomic E-state index is -3.76. The van der Waals surface area contributed by atoms with Gasteiger partial charge in [-0.3, -0.25) is 18.8 Å². The molecule has 0 bridgehead atoms. The van der Waals surface area contributed by atoms with E-state index in [9.17, 15) is 13.8 Å². The van der Waals surface area contributed by atoms with E-state index in [1.54, 1.807) is 12.1 Å². The Bertz CT molecular complexity index is 1230. The molecule has 10 nitrogen and oxygen atoms in total. The maximum atomic E-state index is 14.2. The molecule has 1 fully saturated rings. The highest BCUT2D eigenvalue weighted by Crippen LogP contribution is 2.54. The molecule has 1 aromatic carbocycles. The van der Waals surface area contributed by atoms with Crippen molar-refractivity contribution in [3.8, 4) is 5.75 Å². The lowest BCUT2D eigenvalue weighted by Gasteiger charge is -2.25. The molecule has 0 radical (unpaired) electrons. The van der Waals surface area contributed by atoms with Gasteiger partial charge in [0.25, 0.3) is 5.56 Å². The summed E-state index contributed by atoms with van der Waals surface area (Å²) < 4.78 is 50.4. The standard InChI is InChI=1S/C18H18FN4O6P/c19-12-7-23(16-15(12)17(24)22-18(20)21-16)14-6-5-11(28-14)9-27-30(25)26-8-10-3-1-2-4-13(10)29-30/h1-4,7,11,14H,5-6,8-9H2,(H3,20,21,22,24). The summed E-state index contributed by atoms with van der Waals surface area (Å²) in [7, 11) is -3.76. The smallest absolute Gasteiger partial charge is 0.404 e. The molecule has 5 rings (SSSR count). The quantitative estimate of drug-likeness (QED) is 0.597. The van der Waals surface area contributed by atoms with Crippen LogP contribution in [0.5, 0.6) is 5.75 Å². The number of benzene rings is 1. The van der Waals surface area contributed by atoms with Crippen LogP contribution in [-0.2, 0) is 25.0 Å². The van der Waals surface area contributed by atoms with E-state index in [2.05, 4.69) is 9.97 Å². The van der Waals surface area contributed by atoms with Gasteiger partial charge in [0.05, 0.1) is 19.3 Å². The summed E-state index contributed by atoms with van der Waals surface area (Å²) in [5.74, 6) is -0.371. The second-order valence-electron chi connectivity index (χ2n) is 7.04. The minimum absolute atomic E-state index is 0.0339. The molecule has 3 N–H and O–H groups in total. The van der Waals surface area contributed by atoms with E-state index in [0.29, 0.717) is 18.6 Å². The Morgan fingerprint density at radius 2 is 2.20 bits per heavy atom. The number of H-pyrrole nitrogens is 1. The van der Waals surface area contributed by atoms with E-state index in [1.807, 2.05) is 12.1 Å². The highest BCUT2D eigenvalue weighted by Gasteiger charge is 2.37. The predicted octanol–water partition coefficient (Wildman–Crippen LogP) is 2.86. The second-order valence-corrected chi connectivity index (χ2v) is 8.63. The maximum Gasteiger partial charge on any atom is 0.530 e. The normalized spacial score (nSPS) is 25.9. The lowest BCUT2D eigenvalue weighted by Crippen LogP contribution is -2.19. The van der Waals surface area contributed by atoms with Gasteiger partial charge in [-0.1, -0.05) is 18.2 Å². The minimum Gasteiger partial charge on any atom is -0.404 e. The number of nitrogens with two attached hydrogens (primary N) is 1. The number of ether oxygens (including phenoxy) is 1. The average molecular weight is 436 g/mol. The van der Waals surface area contributed by atoms with Crippen LogP contribution in [0.15, 0.2) is 35.3 Å². The Morgan fingerprint density at radius 3 is 3.07 bits per heavy atom. The van der Waals surface area contributed by atoms with Gasteiger partial charge in [0.2, 0.25) is 5.95 Å². The van der Waals surface area contributed by atoms with Crippen LogP contribution in [0.25, 0.3) is 11.0 Å². The molecule has 0 saturated carbocycles. The van der Waals surface area contributed by atoms with E-state index in [-0.39, 0.29) is 30.2 Å². The number of para-hydroxylation sites is 1. The Kier molecular flexibility index (Phi) is 4.62. The third-order valence-corrected chi connectivity index (χ3v) is 6.36. The summed E-state index contributed by atoms with van der Waals surface area (Å²) >= 11 is 0. The molecule has 158 valence electrons. The second kappa shape index (κ2) is 7.21. The highest BCUT2D eigenvalue weighted by atomic mass is 31.2. The van der Waals surface area contributed by atoms with Crippen molar-refractivity contribution in [2.24, 2.45) is 0 Å². The first-order valence-electron chi connectivity index (χ1n) is 9.30. The van der Waals surface area contributed by atoms with Crippen molar-refractivity contribution in [3.05, 3.63) is 52.2 Å². The van der Waals surface area contributed by atoms with E-state index in [0.717, 1.165) is 11.8 Å². The number of phosphoric ester groups is 1. The highest BCUT2D eigenvalue weighted by molar-refractivity contribution is 7.49. The van der Waals surface area contributed by atoms with Crippen LogP contribution in [0.3, 0.4) is 0 Å². The molecule has 2 aliphatic heterocycles. The lowest BCUT2D eigenvalue weighted by atomic mass is 10.2. The van der Waals surface area contributed by atoms with Crippen molar-refractivity contribution in [2.45, 2.75) is 31.8 Å². The summed E-state index contributed by atoms with van der Waals surface area (Å²) in [4.78, 5) is 18.3. The molecule has 2 aliphatic rings. The van der Waals surface area contributed by atoms with E-state index in [1.165, 1.54) is 4.57 Å². The van der Waals surface area contributed by atoms with Gasteiger partial charge < -0.3 is 19.6 Å². The van der Waals surface area contributed by atoms with E-state index < -0.39 is 31.5 Å². The van der Waals surface area contributed by atoms with Crippen LogP contribution >= 0.6 is 7.82 Å². The number of fused-ring (bicyclic) bond motifs is 2. The fraction of sp³-hybridized carbons (Fsp3) is 0.333. The van der Waals surface area contributed by atoms with Crippen LogP contribution in [0.2, 0.25) is 0 Å². The van der Waals surface area contributed by atoms with Crippen LogP contribution < -0.4 is 15.8 Å². The molecule has 12 heteroatoms. The number of anilines is 1. The number of aromatic amines is 1. The van der Waals surface area contributed by atoms with Gasteiger partial charge in [-0.2, -0.15) is 4.98 Å². The summed E-state index contributed by atoms with van der Waals surface area (Å²) in [5.41, 5.74) is 5.82. The summed E-state index contributed by atoms with van der Waals surface area (Å²) in [5, 5.41) is -0.181. The van der Waals surface area contributed by atoms with Crippen molar-refractivity contribution in [1.82, 2.24) is 14.5 Å². The SMILES string of the molecule is Nc1nc2c(c(F)cn2C2CCC(COP3(=O)OCc4ccccc4O3)O2)c(=O)[nH]1. The third-order valence-electron chi connectivity index (χ3n) is 5.03. The van der Waals surface area contributed by atoms with Crippen molar-refractivity contribution in [1.29, 1.82) is 0 Å². The first kappa shape index (κ1) is 19.3. The number of phosphoric acid groups is 1. The summed E-state index contributed by atoms with van der Waals surface area (Å²) in [6, 6.07) is 7.11. The van der Waals surface area contributed by atoms with Gasteiger partial charge in [0, 0.05) is 11.8 Å². The van der Waals surface area contributed by atoms with Crippen molar-refractivity contribution >= 4 is 24.8 Å². The first-order chi connectivity index (χ1) is 14.4. The topological polar surface area (TPSA) is 131 Å². The Balaban J connectivity index is 1.28. The van der Waals surface area contributed by atoms with Crippen molar-refractivity contribution < 1.29 is 27.3 Å². The number of nitrogens with one attached hydrogen (secondary N) is 1. The zero-order valence-corrected chi connectivity index (χ0v) is 16.5. The fourth-order valence-electron chi connectivity index (χ4n) is 3.61. The zero-order chi connectivity index (χ0) is 20.9. The van der Waals surface area contributed by atoms with E-state index in [4.69, 9.17) is 24.0 Å². The van der Waals surface area contributed by atoms with Gasteiger partial charge in [0.15, 0.2) is 11.5 Å². The van der Waals surface area contributed by atoms with Gasteiger partial charge in [-0.15, -0.1) is 0 Å². The molecule has 3 aromatic rings. The van der Waals surface area contributed by atoms with Crippen molar-refractivity contribution in [3.63, 3.8) is 0 Å². The number of halogens is 1. The van der Waals surface area contributed by atoms with Gasteiger partial charge in [-0.05, 0) is 18.9 Å². The fourth-order valence-corrected chi connectivity index (χ4v) is 4.85. The molecule has 0 spiro atoms. The third kappa shape index (κ3) is 3.39. The van der Waals surface area contributed by atoms with Crippen LogP contribution in [-0.4, -0.2) is 27.2 Å². The molecule has 30 heavy (non-hydrogen) atoms. The van der Waals surface area contributed by atoms with Gasteiger partial charge in [-0.25, -0.2) is 8.96 Å². The van der Waals surface area contributed by atoms with Crippen LogP contribution in [0, 0.1) is 5.82 Å². The van der Waals surface area contributed by atoms with Crippen LogP contribution in [0.1, 0.15) is 24.6 Å². The maximum absolute atomic E-state index is 14.2. The number of aromatic nitrogens is 3. The Morgan fingerprint density at radius 1 is 1.37 bits per heavy atom. The lowest BCUT2D eigenvalue weighted by molar-refractivity contribution is -0.0227. The first-order valence-corrected chi connectivity index (χ1v) is 10.8. The predicted molar refractivity (Wildman–Crippen MR) is 103 cm³/mol. The zero-order valence-electron chi connectivity index (χ0n) is 15.6.